The van der Waals surface area contributed by atoms with E-state index < -0.39 is 41.8 Å². The minimum absolute atomic E-state index is 0.136. The van der Waals surface area contributed by atoms with E-state index in [9.17, 15) is 27.6 Å². The lowest BCUT2D eigenvalue weighted by Gasteiger charge is -2.42. The maximum atomic E-state index is 14.5. The average molecular weight is 462 g/mol. The second-order valence-corrected chi connectivity index (χ2v) is 9.32. The number of hydrogen-bond donors (Lipinski definition) is 1. The molecule has 2 aromatic rings. The normalized spacial score (nSPS) is 17.3. The van der Waals surface area contributed by atoms with Gasteiger partial charge in [-0.25, -0.2) is 4.39 Å². The van der Waals surface area contributed by atoms with Crippen LogP contribution in [0.25, 0.3) is 11.1 Å². The molecule has 1 fully saturated rings. The molecular formula is C25H27F4N3O. The van der Waals surface area contributed by atoms with Gasteiger partial charge in [0.1, 0.15) is 17.2 Å². The zero-order valence-corrected chi connectivity index (χ0v) is 18.8. The van der Waals surface area contributed by atoms with Crippen LogP contribution in [0.2, 0.25) is 0 Å². The summed E-state index contributed by atoms with van der Waals surface area (Å²) in [6.45, 7) is 4.28. The Morgan fingerprint density at radius 3 is 1.91 bits per heavy atom. The second-order valence-electron chi connectivity index (χ2n) is 9.32. The predicted molar refractivity (Wildman–Crippen MR) is 118 cm³/mol. The summed E-state index contributed by atoms with van der Waals surface area (Å²) >= 11 is 0. The maximum absolute atomic E-state index is 14.5. The topological polar surface area (TPSA) is 70.1 Å². The molecule has 8 heteroatoms. The van der Waals surface area contributed by atoms with Crippen LogP contribution in [-0.2, 0) is 4.79 Å². The Labute approximate surface area is 191 Å². The van der Waals surface area contributed by atoms with Gasteiger partial charge in [0.15, 0.2) is 0 Å². The second kappa shape index (κ2) is 8.79. The fourth-order valence-corrected chi connectivity index (χ4v) is 4.18. The molecule has 0 unspecified atom stereocenters. The number of carbonyl (C=O) groups is 1. The van der Waals surface area contributed by atoms with Gasteiger partial charge in [0.2, 0.25) is 5.91 Å². The van der Waals surface area contributed by atoms with Crippen LogP contribution in [-0.4, -0.2) is 34.2 Å². The van der Waals surface area contributed by atoms with Crippen molar-refractivity contribution in [2.45, 2.75) is 69.5 Å². The van der Waals surface area contributed by atoms with E-state index in [1.807, 2.05) is 37.3 Å². The van der Waals surface area contributed by atoms with Crippen molar-refractivity contribution in [1.29, 1.82) is 5.26 Å². The van der Waals surface area contributed by atoms with Crippen LogP contribution in [0.3, 0.4) is 0 Å². The van der Waals surface area contributed by atoms with E-state index in [0.717, 1.165) is 21.6 Å². The molecular weight excluding hydrogens is 434 g/mol. The van der Waals surface area contributed by atoms with E-state index in [-0.39, 0.29) is 18.4 Å². The molecule has 2 aromatic carbocycles. The first-order valence-electron chi connectivity index (χ1n) is 10.7. The van der Waals surface area contributed by atoms with Gasteiger partial charge in [0.05, 0.1) is 12.1 Å². The number of amides is 1. The predicted octanol–water partition coefficient (Wildman–Crippen LogP) is 5.62. The lowest BCUT2D eigenvalue weighted by molar-refractivity contribution is -0.201. The summed E-state index contributed by atoms with van der Waals surface area (Å²) in [4.78, 5) is 13.1. The first kappa shape index (κ1) is 24.7. The highest BCUT2D eigenvalue weighted by atomic mass is 19.4. The van der Waals surface area contributed by atoms with Crippen LogP contribution in [0, 0.1) is 18.3 Å². The summed E-state index contributed by atoms with van der Waals surface area (Å²) < 4.78 is 57.9. The van der Waals surface area contributed by atoms with Crippen molar-refractivity contribution >= 4 is 5.91 Å². The number of benzene rings is 2. The summed E-state index contributed by atoms with van der Waals surface area (Å²) in [5.41, 5.74) is 4.47. The molecule has 33 heavy (non-hydrogen) atoms. The Morgan fingerprint density at radius 2 is 1.55 bits per heavy atom. The molecule has 1 amide bonds. The fraction of sp³-hybridized carbons (Fsp3) is 0.440. The standard InChI is InChI=1S/C25H27F4N3O/c1-16-4-6-17(7-5-16)18-8-10-19(11-9-18)21(25(27,28)29)32(24(15-30)12-13-24)20(22(31)33)14-23(2,3)26/h4-11,20-21H,12-14H2,1-3H3,(H2,31,33)/t20-,21-/m0/s1. The third-order valence-electron chi connectivity index (χ3n) is 5.97. The SMILES string of the molecule is Cc1ccc(-c2ccc([C@H](N([C@@H](CC(C)(C)F)C(N)=O)C3(C#N)CC3)C(F)(F)F)cc2)cc1. The molecule has 176 valence electrons. The van der Waals surface area contributed by atoms with Crippen molar-refractivity contribution in [3.8, 4) is 17.2 Å². The lowest BCUT2D eigenvalue weighted by Crippen LogP contribution is -2.57. The lowest BCUT2D eigenvalue weighted by atomic mass is 9.92. The van der Waals surface area contributed by atoms with Gasteiger partial charge in [-0.05, 0) is 50.3 Å². The number of halogens is 4. The summed E-state index contributed by atoms with van der Waals surface area (Å²) in [6, 6.07) is 11.4. The number of nitrogens with zero attached hydrogens (tertiary/aromatic N) is 2. The van der Waals surface area contributed by atoms with Crippen LogP contribution >= 0.6 is 0 Å². The molecule has 0 bridgehead atoms. The quantitative estimate of drug-likeness (QED) is 0.519. The molecule has 0 aliphatic heterocycles. The van der Waals surface area contributed by atoms with Crippen LogP contribution in [0.1, 0.15) is 50.3 Å². The number of rotatable bonds is 8. The molecule has 3 rings (SSSR count). The zero-order valence-electron chi connectivity index (χ0n) is 18.8. The maximum Gasteiger partial charge on any atom is 0.408 e. The van der Waals surface area contributed by atoms with Gasteiger partial charge >= 0.3 is 6.18 Å². The van der Waals surface area contributed by atoms with E-state index in [1.54, 1.807) is 12.1 Å². The highest BCUT2D eigenvalue weighted by molar-refractivity contribution is 5.80. The summed E-state index contributed by atoms with van der Waals surface area (Å²) in [5, 5.41) is 9.73. The van der Waals surface area contributed by atoms with E-state index >= 15 is 0 Å². The van der Waals surface area contributed by atoms with Crippen molar-refractivity contribution in [2.24, 2.45) is 5.73 Å². The fourth-order valence-electron chi connectivity index (χ4n) is 4.18. The highest BCUT2D eigenvalue weighted by Crippen LogP contribution is 2.52. The summed E-state index contributed by atoms with van der Waals surface area (Å²) in [7, 11) is 0. The first-order valence-corrected chi connectivity index (χ1v) is 10.7. The van der Waals surface area contributed by atoms with Crippen LogP contribution < -0.4 is 5.73 Å². The Hall–Kier alpha value is -2.92. The Bertz CT molecular complexity index is 1030. The number of aryl methyl sites for hydroxylation is 1. The van der Waals surface area contributed by atoms with Gasteiger partial charge < -0.3 is 5.73 Å². The van der Waals surface area contributed by atoms with Gasteiger partial charge in [0, 0.05) is 6.42 Å². The number of nitrogens with two attached hydrogens (primary N) is 1. The molecule has 0 heterocycles. The Kier molecular flexibility index (Phi) is 6.58. The van der Waals surface area contributed by atoms with Crippen molar-refractivity contribution in [3.63, 3.8) is 0 Å². The molecule has 0 radical (unpaired) electrons. The van der Waals surface area contributed by atoms with E-state index in [4.69, 9.17) is 5.73 Å². The summed E-state index contributed by atoms with van der Waals surface area (Å²) in [5.74, 6) is -1.09. The molecule has 4 nitrogen and oxygen atoms in total. The van der Waals surface area contributed by atoms with Crippen LogP contribution in [0.15, 0.2) is 48.5 Å². The third-order valence-corrected chi connectivity index (χ3v) is 5.97. The molecule has 2 atom stereocenters. The smallest absolute Gasteiger partial charge is 0.368 e. The van der Waals surface area contributed by atoms with Crippen molar-refractivity contribution in [2.75, 3.05) is 0 Å². The number of primary amides is 1. The Morgan fingerprint density at radius 1 is 1.06 bits per heavy atom. The van der Waals surface area contributed by atoms with Gasteiger partial charge in [-0.15, -0.1) is 0 Å². The third kappa shape index (κ3) is 5.53. The largest absolute Gasteiger partial charge is 0.408 e. The number of alkyl halides is 4. The average Bonchev–Trinajstić information content (AvgIpc) is 3.50. The van der Waals surface area contributed by atoms with Crippen molar-refractivity contribution in [3.05, 3.63) is 59.7 Å². The molecule has 1 saturated carbocycles. The van der Waals surface area contributed by atoms with Crippen molar-refractivity contribution < 1.29 is 22.4 Å². The monoisotopic (exact) mass is 461 g/mol. The summed E-state index contributed by atoms with van der Waals surface area (Å²) in [6.07, 6.45) is -5.09. The minimum Gasteiger partial charge on any atom is -0.368 e. The van der Waals surface area contributed by atoms with Gasteiger partial charge in [-0.2, -0.15) is 18.4 Å². The first-order chi connectivity index (χ1) is 15.3. The Balaban J connectivity index is 2.09. The van der Waals surface area contributed by atoms with Gasteiger partial charge in [-0.3, -0.25) is 9.69 Å². The molecule has 2 N–H and O–H groups in total. The van der Waals surface area contributed by atoms with E-state index in [2.05, 4.69) is 0 Å². The van der Waals surface area contributed by atoms with Crippen molar-refractivity contribution in [1.82, 2.24) is 4.90 Å². The van der Waals surface area contributed by atoms with Gasteiger partial charge in [0.25, 0.3) is 0 Å². The molecule has 0 saturated heterocycles. The highest BCUT2D eigenvalue weighted by Gasteiger charge is 2.61. The number of hydrogen-bond acceptors (Lipinski definition) is 3. The zero-order chi connectivity index (χ0) is 24.6. The minimum atomic E-state index is -4.83. The van der Waals surface area contributed by atoms with Crippen LogP contribution in [0.4, 0.5) is 17.6 Å². The number of carbonyl (C=O) groups excluding carboxylic acids is 1. The molecule has 0 spiro atoms. The molecule has 0 aromatic heterocycles. The number of nitriles is 1. The van der Waals surface area contributed by atoms with E-state index in [1.165, 1.54) is 26.0 Å². The van der Waals surface area contributed by atoms with Crippen LogP contribution in [0.5, 0.6) is 0 Å². The molecule has 1 aliphatic rings. The van der Waals surface area contributed by atoms with E-state index in [0.29, 0.717) is 0 Å². The molecule has 1 aliphatic carbocycles. The van der Waals surface area contributed by atoms with Gasteiger partial charge in [-0.1, -0.05) is 54.1 Å².